The lowest BCUT2D eigenvalue weighted by atomic mass is 10.0. The second-order valence-electron chi connectivity index (χ2n) is 6.28. The summed E-state index contributed by atoms with van der Waals surface area (Å²) in [4.78, 5) is 37.2. The topological polar surface area (TPSA) is 129 Å². The monoisotopic (exact) mass is 351 g/mol. The number of aromatic nitrogens is 5. The van der Waals surface area contributed by atoms with Crippen molar-refractivity contribution in [3.63, 3.8) is 0 Å². The Hall–Kier alpha value is -3.54. The van der Waals surface area contributed by atoms with Crippen LogP contribution in [0.15, 0.2) is 23.1 Å². The number of fused-ring (bicyclic) bond motifs is 1. The molecule has 132 valence electrons. The van der Waals surface area contributed by atoms with Crippen LogP contribution in [0.1, 0.15) is 41.2 Å². The minimum absolute atomic E-state index is 0.102. The van der Waals surface area contributed by atoms with E-state index in [-0.39, 0.29) is 28.5 Å². The standard InChI is InChI=1S/C17H17N7O2/c1-9(2)6-13-10(3)20-17-22-16(23-24(17)15(13)26)21-14(25)11-4-5-12(7-18)19-8-11/h4-5,8-9H,6H2,1-3H3,(H2,20,21,22,23,25). The number of nitrogens with one attached hydrogen (secondary N) is 2. The van der Waals surface area contributed by atoms with Crippen molar-refractivity contribution in [1.82, 2.24) is 24.6 Å². The first-order chi connectivity index (χ1) is 12.4. The van der Waals surface area contributed by atoms with E-state index in [1.807, 2.05) is 19.9 Å². The molecule has 0 atom stereocenters. The smallest absolute Gasteiger partial charge is 0.277 e. The summed E-state index contributed by atoms with van der Waals surface area (Å²) < 4.78 is 1.22. The minimum atomic E-state index is -0.465. The van der Waals surface area contributed by atoms with Gasteiger partial charge >= 0.3 is 0 Å². The van der Waals surface area contributed by atoms with Crippen LogP contribution in [0.5, 0.6) is 0 Å². The first-order valence-electron chi connectivity index (χ1n) is 8.04. The zero-order chi connectivity index (χ0) is 18.8. The van der Waals surface area contributed by atoms with Crippen LogP contribution in [-0.2, 0) is 6.42 Å². The summed E-state index contributed by atoms with van der Waals surface area (Å²) in [6, 6.07) is 4.81. The number of aryl methyl sites for hydroxylation is 1. The van der Waals surface area contributed by atoms with Crippen molar-refractivity contribution in [3.05, 3.63) is 51.2 Å². The SMILES string of the molecule is Cc1nc2nc(NC(=O)c3ccc(C#N)nc3)[nH]n2c(=O)c1CC(C)C. The molecule has 0 aliphatic heterocycles. The molecular weight excluding hydrogens is 334 g/mol. The highest BCUT2D eigenvalue weighted by Crippen LogP contribution is 2.10. The summed E-state index contributed by atoms with van der Waals surface area (Å²) in [5.41, 5.74) is 1.50. The Kier molecular flexibility index (Phi) is 4.49. The molecule has 9 nitrogen and oxygen atoms in total. The molecule has 0 aromatic carbocycles. The normalized spacial score (nSPS) is 10.9. The molecule has 0 saturated heterocycles. The Morgan fingerprint density at radius 1 is 1.38 bits per heavy atom. The van der Waals surface area contributed by atoms with Crippen LogP contribution >= 0.6 is 0 Å². The van der Waals surface area contributed by atoms with E-state index in [1.54, 1.807) is 6.92 Å². The molecule has 0 spiro atoms. The van der Waals surface area contributed by atoms with Crippen LogP contribution in [0.4, 0.5) is 5.95 Å². The number of anilines is 1. The molecule has 26 heavy (non-hydrogen) atoms. The van der Waals surface area contributed by atoms with E-state index >= 15 is 0 Å². The second kappa shape index (κ2) is 6.76. The quantitative estimate of drug-likeness (QED) is 0.732. The number of carbonyl (C=O) groups is 1. The Morgan fingerprint density at radius 2 is 2.15 bits per heavy atom. The van der Waals surface area contributed by atoms with Crippen LogP contribution in [0.2, 0.25) is 0 Å². The van der Waals surface area contributed by atoms with E-state index in [2.05, 4.69) is 25.4 Å². The van der Waals surface area contributed by atoms with Gasteiger partial charge in [0.2, 0.25) is 5.95 Å². The molecular formula is C17H17N7O2. The summed E-state index contributed by atoms with van der Waals surface area (Å²) in [6.45, 7) is 5.82. The Morgan fingerprint density at radius 3 is 2.77 bits per heavy atom. The molecule has 0 radical (unpaired) electrons. The van der Waals surface area contributed by atoms with Gasteiger partial charge in [-0.15, -0.1) is 0 Å². The zero-order valence-electron chi connectivity index (χ0n) is 14.6. The third kappa shape index (κ3) is 3.30. The van der Waals surface area contributed by atoms with Gasteiger partial charge in [0.05, 0.1) is 11.3 Å². The Balaban J connectivity index is 1.91. The Labute approximate surface area is 148 Å². The average molecular weight is 351 g/mol. The summed E-state index contributed by atoms with van der Waals surface area (Å²) in [7, 11) is 0. The highest BCUT2D eigenvalue weighted by Gasteiger charge is 2.16. The molecule has 0 aliphatic carbocycles. The molecule has 1 amide bonds. The summed E-state index contributed by atoms with van der Waals surface area (Å²) in [5.74, 6) is 0.138. The van der Waals surface area contributed by atoms with E-state index in [0.29, 0.717) is 23.6 Å². The number of H-pyrrole nitrogens is 1. The molecule has 3 aromatic heterocycles. The number of nitriles is 1. The van der Waals surface area contributed by atoms with Gasteiger partial charge in [-0.2, -0.15) is 14.8 Å². The number of hydrogen-bond donors (Lipinski definition) is 2. The number of aromatic amines is 1. The third-order valence-corrected chi connectivity index (χ3v) is 3.78. The van der Waals surface area contributed by atoms with Gasteiger partial charge in [0.25, 0.3) is 17.2 Å². The fourth-order valence-corrected chi connectivity index (χ4v) is 2.53. The second-order valence-corrected chi connectivity index (χ2v) is 6.28. The van der Waals surface area contributed by atoms with Gasteiger partial charge in [-0.3, -0.25) is 20.0 Å². The van der Waals surface area contributed by atoms with Crippen LogP contribution in [0.3, 0.4) is 0 Å². The summed E-state index contributed by atoms with van der Waals surface area (Å²) >= 11 is 0. The molecule has 3 rings (SSSR count). The van der Waals surface area contributed by atoms with Gasteiger partial charge < -0.3 is 0 Å². The van der Waals surface area contributed by atoms with E-state index in [4.69, 9.17) is 5.26 Å². The molecule has 0 saturated carbocycles. The lowest BCUT2D eigenvalue weighted by Gasteiger charge is -2.06. The van der Waals surface area contributed by atoms with E-state index in [0.717, 1.165) is 0 Å². The number of hydrogen-bond acceptors (Lipinski definition) is 6. The van der Waals surface area contributed by atoms with Crippen LogP contribution in [0.25, 0.3) is 5.78 Å². The van der Waals surface area contributed by atoms with Crippen molar-refractivity contribution in [2.45, 2.75) is 27.2 Å². The van der Waals surface area contributed by atoms with Crippen LogP contribution in [0, 0.1) is 24.2 Å². The van der Waals surface area contributed by atoms with Gasteiger partial charge in [-0.05, 0) is 31.4 Å². The predicted octanol–water partition coefficient (Wildman–Crippen LogP) is 1.44. The van der Waals surface area contributed by atoms with Crippen LogP contribution in [-0.4, -0.2) is 30.5 Å². The molecule has 9 heteroatoms. The van der Waals surface area contributed by atoms with E-state index in [9.17, 15) is 9.59 Å². The van der Waals surface area contributed by atoms with Gasteiger partial charge in [0.15, 0.2) is 0 Å². The minimum Gasteiger partial charge on any atom is -0.291 e. The van der Waals surface area contributed by atoms with Crippen LogP contribution < -0.4 is 10.9 Å². The maximum absolute atomic E-state index is 12.6. The first kappa shape index (κ1) is 17.3. The number of nitrogens with zero attached hydrogens (tertiary/aromatic N) is 5. The van der Waals surface area contributed by atoms with Crippen molar-refractivity contribution in [2.24, 2.45) is 5.92 Å². The summed E-state index contributed by atoms with van der Waals surface area (Å²) in [5, 5.41) is 14.1. The molecule has 0 unspecified atom stereocenters. The van der Waals surface area contributed by atoms with Gasteiger partial charge in [-0.1, -0.05) is 13.8 Å². The molecule has 0 bridgehead atoms. The third-order valence-electron chi connectivity index (χ3n) is 3.78. The fraction of sp³-hybridized carbons (Fsp3) is 0.294. The molecule has 2 N–H and O–H groups in total. The predicted molar refractivity (Wildman–Crippen MR) is 93.8 cm³/mol. The lowest BCUT2D eigenvalue weighted by molar-refractivity contribution is 0.102. The number of pyridine rings is 1. The van der Waals surface area contributed by atoms with Crippen molar-refractivity contribution in [2.75, 3.05) is 5.32 Å². The van der Waals surface area contributed by atoms with Gasteiger partial charge in [-0.25, -0.2) is 9.97 Å². The highest BCUT2D eigenvalue weighted by molar-refractivity contribution is 6.03. The lowest BCUT2D eigenvalue weighted by Crippen LogP contribution is -2.23. The van der Waals surface area contributed by atoms with E-state index in [1.165, 1.54) is 22.8 Å². The Bertz CT molecular complexity index is 1070. The fourth-order valence-electron chi connectivity index (χ4n) is 2.53. The largest absolute Gasteiger partial charge is 0.291 e. The van der Waals surface area contributed by atoms with Crippen molar-refractivity contribution in [1.29, 1.82) is 5.26 Å². The molecule has 3 heterocycles. The average Bonchev–Trinajstić information content (AvgIpc) is 3.00. The number of amides is 1. The molecule has 0 aliphatic rings. The van der Waals surface area contributed by atoms with Crippen molar-refractivity contribution < 1.29 is 4.79 Å². The van der Waals surface area contributed by atoms with Crippen molar-refractivity contribution in [3.8, 4) is 6.07 Å². The summed E-state index contributed by atoms with van der Waals surface area (Å²) in [6.07, 6.45) is 1.91. The molecule has 0 fully saturated rings. The van der Waals surface area contributed by atoms with Gasteiger partial charge in [0.1, 0.15) is 11.8 Å². The maximum Gasteiger partial charge on any atom is 0.277 e. The van der Waals surface area contributed by atoms with Crippen molar-refractivity contribution >= 4 is 17.6 Å². The van der Waals surface area contributed by atoms with Gasteiger partial charge in [0, 0.05) is 11.8 Å². The number of rotatable bonds is 4. The first-order valence-corrected chi connectivity index (χ1v) is 8.04. The van der Waals surface area contributed by atoms with E-state index < -0.39 is 5.91 Å². The molecule has 3 aromatic rings. The highest BCUT2D eigenvalue weighted by atomic mass is 16.2. The zero-order valence-corrected chi connectivity index (χ0v) is 14.6. The maximum atomic E-state index is 12.6. The number of carbonyl (C=O) groups excluding carboxylic acids is 1.